The number of rotatable bonds is 12. The number of nitrogens with two attached hydrogens (primary N) is 1. The standard InChI is InChI=1S/C22H29N6O11P/c1-6-34-18-15-17(25-21(23)26-18)28(9-24-15)19-10(2)16(29)14(38-19)8-36-40(32,27-11(3)20(30)33-5)35-7-13-12(4)37-22(31)39-13/h9-11,14,19H,6-8H2,1-5H3,(H,27,32)(H2,23,25,26). The van der Waals surface area contributed by atoms with E-state index in [0.717, 1.165) is 7.11 Å². The minimum atomic E-state index is -4.32. The van der Waals surface area contributed by atoms with E-state index in [0.29, 0.717) is 17.8 Å². The molecule has 1 saturated heterocycles. The van der Waals surface area contributed by atoms with Gasteiger partial charge in [-0.3, -0.25) is 23.2 Å². The third-order valence-corrected chi connectivity index (χ3v) is 7.62. The normalized spacial score (nSPS) is 21.4. The lowest BCUT2D eigenvalue weighted by atomic mass is 10.0. The number of aryl methyl sites for hydroxylation is 1. The van der Waals surface area contributed by atoms with Crippen molar-refractivity contribution < 1.29 is 46.2 Å². The maximum absolute atomic E-state index is 13.6. The van der Waals surface area contributed by atoms with Crippen LogP contribution in [0, 0.1) is 12.8 Å². The van der Waals surface area contributed by atoms with Crippen LogP contribution < -0.4 is 21.4 Å². The van der Waals surface area contributed by atoms with Crippen LogP contribution in [0.2, 0.25) is 0 Å². The Bertz CT molecular complexity index is 1500. The molecule has 1 fully saturated rings. The number of imidazole rings is 1. The third-order valence-electron chi connectivity index (χ3n) is 5.96. The third kappa shape index (κ3) is 6.08. The highest BCUT2D eigenvalue weighted by Crippen LogP contribution is 2.46. The smallest absolute Gasteiger partial charge is 0.476 e. The van der Waals surface area contributed by atoms with Crippen molar-refractivity contribution >= 4 is 36.6 Å². The van der Waals surface area contributed by atoms with Gasteiger partial charge in [-0.15, -0.1) is 0 Å². The van der Waals surface area contributed by atoms with Gasteiger partial charge in [-0.05, 0) is 20.8 Å². The molecule has 4 heterocycles. The maximum Gasteiger partial charge on any atom is 0.519 e. The summed E-state index contributed by atoms with van der Waals surface area (Å²) in [4.78, 5) is 48.9. The van der Waals surface area contributed by atoms with Crippen molar-refractivity contribution in [3.8, 4) is 5.88 Å². The molecule has 0 aliphatic carbocycles. The number of nitrogens with zero attached hydrogens (tertiary/aromatic N) is 4. The van der Waals surface area contributed by atoms with E-state index in [4.69, 9.17) is 33.1 Å². The molecule has 218 valence electrons. The Kier molecular flexibility index (Phi) is 8.70. The predicted octanol–water partition coefficient (Wildman–Crippen LogP) is 1.26. The summed E-state index contributed by atoms with van der Waals surface area (Å²) in [6, 6.07) is -1.12. The van der Waals surface area contributed by atoms with Crippen LogP contribution in [0.4, 0.5) is 5.95 Å². The minimum absolute atomic E-state index is 0.0390. The Morgan fingerprint density at radius 2 is 2.02 bits per heavy atom. The van der Waals surface area contributed by atoms with Crippen molar-refractivity contribution in [3.05, 3.63) is 28.5 Å². The summed E-state index contributed by atoms with van der Waals surface area (Å²) in [5.41, 5.74) is 6.46. The first-order valence-electron chi connectivity index (χ1n) is 12.1. The van der Waals surface area contributed by atoms with E-state index in [9.17, 15) is 18.9 Å². The molecular weight excluding hydrogens is 555 g/mol. The number of methoxy groups -OCH3 is 1. The zero-order valence-electron chi connectivity index (χ0n) is 22.3. The second-order valence-electron chi connectivity index (χ2n) is 8.72. The SMILES string of the molecule is CCOc1nc(N)nc2c1ncn2C1OC(COP(=O)(NC(C)C(=O)OC)OCc2oc(=O)oc2C)C(=O)C1C. The molecule has 3 aromatic heterocycles. The lowest BCUT2D eigenvalue weighted by molar-refractivity contribution is -0.142. The fourth-order valence-electron chi connectivity index (χ4n) is 3.94. The zero-order valence-corrected chi connectivity index (χ0v) is 23.2. The van der Waals surface area contributed by atoms with E-state index in [-0.39, 0.29) is 29.1 Å². The molecule has 40 heavy (non-hydrogen) atoms. The number of ketones is 1. The first-order valence-corrected chi connectivity index (χ1v) is 13.7. The Labute approximate surface area is 226 Å². The second kappa shape index (κ2) is 11.9. The molecule has 3 aromatic rings. The van der Waals surface area contributed by atoms with Crippen molar-refractivity contribution in [2.24, 2.45) is 5.92 Å². The maximum atomic E-state index is 13.6. The summed E-state index contributed by atoms with van der Waals surface area (Å²) in [5.74, 6) is -2.57. The van der Waals surface area contributed by atoms with Gasteiger partial charge in [0.2, 0.25) is 11.8 Å². The van der Waals surface area contributed by atoms with Crippen molar-refractivity contribution in [1.82, 2.24) is 24.6 Å². The zero-order chi connectivity index (χ0) is 29.2. The number of esters is 1. The molecular formula is C22H29N6O11P. The number of carbonyl (C=O) groups is 2. The van der Waals surface area contributed by atoms with Crippen LogP contribution in [0.1, 0.15) is 38.5 Å². The van der Waals surface area contributed by atoms with Crippen LogP contribution in [-0.2, 0) is 39.3 Å². The number of aromatic nitrogens is 4. The number of nitrogens with one attached hydrogen (secondary N) is 1. The number of nitrogen functional groups attached to an aromatic ring is 1. The van der Waals surface area contributed by atoms with E-state index >= 15 is 0 Å². The van der Waals surface area contributed by atoms with Crippen LogP contribution in [0.3, 0.4) is 0 Å². The lowest BCUT2D eigenvalue weighted by Gasteiger charge is -2.23. The number of carbonyl (C=O) groups excluding carboxylic acids is 2. The van der Waals surface area contributed by atoms with Crippen molar-refractivity contribution in [2.45, 2.75) is 52.7 Å². The largest absolute Gasteiger partial charge is 0.519 e. The van der Waals surface area contributed by atoms with Crippen LogP contribution in [0.5, 0.6) is 5.88 Å². The molecule has 0 bridgehead atoms. The van der Waals surface area contributed by atoms with E-state index in [1.807, 2.05) is 0 Å². The minimum Gasteiger partial charge on any atom is -0.476 e. The molecule has 3 N–H and O–H groups in total. The van der Waals surface area contributed by atoms with Gasteiger partial charge in [0.15, 0.2) is 22.7 Å². The molecule has 0 radical (unpaired) electrons. The van der Waals surface area contributed by atoms with E-state index in [1.54, 1.807) is 13.8 Å². The molecule has 0 aromatic carbocycles. The van der Waals surface area contributed by atoms with Crippen LogP contribution in [0.25, 0.3) is 11.2 Å². The first-order chi connectivity index (χ1) is 19.0. The Balaban J connectivity index is 1.52. The predicted molar refractivity (Wildman–Crippen MR) is 134 cm³/mol. The second-order valence-corrected chi connectivity index (χ2v) is 10.5. The molecule has 5 unspecified atom stereocenters. The number of fused-ring (bicyclic) bond motifs is 1. The van der Waals surface area contributed by atoms with E-state index in [2.05, 4.69) is 24.8 Å². The van der Waals surface area contributed by atoms with Crippen molar-refractivity contribution in [3.63, 3.8) is 0 Å². The van der Waals surface area contributed by atoms with Gasteiger partial charge in [0.05, 0.1) is 32.6 Å². The fraction of sp³-hybridized carbons (Fsp3) is 0.545. The molecule has 17 nitrogen and oxygen atoms in total. The molecule has 0 amide bonds. The van der Waals surface area contributed by atoms with Gasteiger partial charge in [0.1, 0.15) is 30.7 Å². The number of hydrogen-bond donors (Lipinski definition) is 2. The van der Waals surface area contributed by atoms with Gasteiger partial charge >= 0.3 is 19.5 Å². The van der Waals surface area contributed by atoms with Gasteiger partial charge in [-0.1, -0.05) is 6.92 Å². The first kappa shape index (κ1) is 29.4. The number of Topliss-reactive ketones (excluding diaryl/α,β-unsaturated/α-hetero) is 1. The molecule has 0 saturated carbocycles. The monoisotopic (exact) mass is 584 g/mol. The van der Waals surface area contributed by atoms with Crippen molar-refractivity contribution in [2.75, 3.05) is 26.1 Å². The summed E-state index contributed by atoms with van der Waals surface area (Å²) in [6.45, 7) is 5.55. The molecule has 0 spiro atoms. The number of hydrogen-bond acceptors (Lipinski definition) is 15. The summed E-state index contributed by atoms with van der Waals surface area (Å²) >= 11 is 0. The quantitative estimate of drug-likeness (QED) is 0.226. The fourth-order valence-corrected chi connectivity index (χ4v) is 5.36. The molecule has 18 heteroatoms. The topological polar surface area (TPSA) is 222 Å². The lowest BCUT2D eigenvalue weighted by Crippen LogP contribution is -2.35. The highest BCUT2D eigenvalue weighted by molar-refractivity contribution is 7.51. The van der Waals surface area contributed by atoms with Crippen molar-refractivity contribution in [1.29, 1.82) is 0 Å². The van der Waals surface area contributed by atoms with Gasteiger partial charge in [0, 0.05) is 0 Å². The number of anilines is 1. The van der Waals surface area contributed by atoms with E-state index in [1.165, 1.54) is 24.7 Å². The molecule has 4 rings (SSSR count). The van der Waals surface area contributed by atoms with Gasteiger partial charge in [-0.25, -0.2) is 19.4 Å². The average molecular weight is 584 g/mol. The Morgan fingerprint density at radius 3 is 2.67 bits per heavy atom. The highest BCUT2D eigenvalue weighted by Gasteiger charge is 2.44. The Hall–Kier alpha value is -3.63. The molecule has 1 aliphatic rings. The molecule has 5 atom stereocenters. The Morgan fingerprint density at radius 1 is 1.27 bits per heavy atom. The summed E-state index contributed by atoms with van der Waals surface area (Å²) < 4.78 is 51.7. The number of ether oxygens (including phenoxy) is 3. The van der Waals surface area contributed by atoms with Gasteiger partial charge in [-0.2, -0.15) is 9.97 Å². The summed E-state index contributed by atoms with van der Waals surface area (Å²) in [6.07, 6.45) is -0.614. The molecule has 1 aliphatic heterocycles. The van der Waals surface area contributed by atoms with Gasteiger partial charge < -0.3 is 28.8 Å². The summed E-state index contributed by atoms with van der Waals surface area (Å²) in [5, 5.41) is 2.44. The van der Waals surface area contributed by atoms with E-state index < -0.39 is 57.0 Å². The van der Waals surface area contributed by atoms with Crippen LogP contribution >= 0.6 is 7.75 Å². The summed E-state index contributed by atoms with van der Waals surface area (Å²) in [7, 11) is -3.16. The van der Waals surface area contributed by atoms with Crippen LogP contribution in [-0.4, -0.2) is 63.7 Å². The highest BCUT2D eigenvalue weighted by atomic mass is 31.2. The van der Waals surface area contributed by atoms with Crippen LogP contribution in [0.15, 0.2) is 20.0 Å². The van der Waals surface area contributed by atoms with Gasteiger partial charge in [0.25, 0.3) is 0 Å². The average Bonchev–Trinajstić information content (AvgIpc) is 3.56.